The summed E-state index contributed by atoms with van der Waals surface area (Å²) in [6.45, 7) is 4.84. The summed E-state index contributed by atoms with van der Waals surface area (Å²) < 4.78 is 10.6. The van der Waals surface area contributed by atoms with Crippen LogP contribution in [0.15, 0.2) is 0 Å². The molecule has 0 aromatic carbocycles. The van der Waals surface area contributed by atoms with Gasteiger partial charge in [0, 0.05) is 33.2 Å². The summed E-state index contributed by atoms with van der Waals surface area (Å²) >= 11 is 0. The van der Waals surface area contributed by atoms with Gasteiger partial charge in [-0.25, -0.2) is 0 Å². The van der Waals surface area contributed by atoms with Gasteiger partial charge >= 0.3 is 0 Å². The molecule has 1 rings (SSSR count). The van der Waals surface area contributed by atoms with Crippen molar-refractivity contribution >= 4 is 5.91 Å². The lowest BCUT2D eigenvalue weighted by Crippen LogP contribution is -2.45. The zero-order valence-electron chi connectivity index (χ0n) is 9.70. The van der Waals surface area contributed by atoms with E-state index in [1.165, 1.54) is 0 Å². The molecular formula is C11H21NO3. The van der Waals surface area contributed by atoms with Crippen molar-refractivity contribution in [3.63, 3.8) is 0 Å². The molecule has 0 radical (unpaired) electrons. The summed E-state index contributed by atoms with van der Waals surface area (Å²) in [5.74, 6) is 0.253. The number of carbonyl (C=O) groups is 1. The maximum atomic E-state index is 11.7. The molecule has 0 saturated carbocycles. The molecular weight excluding hydrogens is 194 g/mol. The molecule has 0 aliphatic carbocycles. The molecule has 0 aromatic rings. The number of nitrogens with zero attached hydrogens (tertiary/aromatic N) is 1. The van der Waals surface area contributed by atoms with Crippen molar-refractivity contribution in [1.82, 2.24) is 4.90 Å². The summed E-state index contributed by atoms with van der Waals surface area (Å²) in [7, 11) is 1.68. The lowest BCUT2D eigenvalue weighted by atomic mass is 10.2. The predicted octanol–water partition coefficient (Wildman–Crippen LogP) is 1.05. The van der Waals surface area contributed by atoms with Gasteiger partial charge in [-0.1, -0.05) is 6.92 Å². The molecule has 0 aromatic heterocycles. The van der Waals surface area contributed by atoms with Crippen LogP contribution < -0.4 is 0 Å². The maximum Gasteiger partial charge on any atom is 0.222 e. The van der Waals surface area contributed by atoms with Gasteiger partial charge in [-0.3, -0.25) is 4.79 Å². The first-order valence-electron chi connectivity index (χ1n) is 5.66. The van der Waals surface area contributed by atoms with E-state index in [9.17, 15) is 4.79 Å². The van der Waals surface area contributed by atoms with Crippen LogP contribution in [0.1, 0.15) is 26.2 Å². The fourth-order valence-electron chi connectivity index (χ4n) is 1.74. The van der Waals surface area contributed by atoms with Gasteiger partial charge in [-0.05, 0) is 12.8 Å². The molecule has 1 aliphatic heterocycles. The average Bonchev–Trinajstić information content (AvgIpc) is 2.27. The second kappa shape index (κ2) is 6.80. The molecule has 4 nitrogen and oxygen atoms in total. The Bertz CT molecular complexity index is 196. The van der Waals surface area contributed by atoms with Crippen LogP contribution >= 0.6 is 0 Å². The highest BCUT2D eigenvalue weighted by atomic mass is 16.5. The highest BCUT2D eigenvalue weighted by Gasteiger charge is 2.23. The highest BCUT2D eigenvalue weighted by molar-refractivity contribution is 5.76. The molecule has 4 heteroatoms. The quantitative estimate of drug-likeness (QED) is 0.688. The zero-order chi connectivity index (χ0) is 11.1. The first kappa shape index (κ1) is 12.5. The van der Waals surface area contributed by atoms with Crippen molar-refractivity contribution in [1.29, 1.82) is 0 Å². The molecule has 1 fully saturated rings. The van der Waals surface area contributed by atoms with Gasteiger partial charge in [0.1, 0.15) is 0 Å². The number of amides is 1. The van der Waals surface area contributed by atoms with Crippen LogP contribution in [0, 0.1) is 0 Å². The molecule has 88 valence electrons. The van der Waals surface area contributed by atoms with Crippen molar-refractivity contribution < 1.29 is 14.3 Å². The summed E-state index contributed by atoms with van der Waals surface area (Å²) in [6, 6.07) is 0. The van der Waals surface area contributed by atoms with Gasteiger partial charge in [-0.15, -0.1) is 0 Å². The van der Waals surface area contributed by atoms with E-state index in [1.54, 1.807) is 7.11 Å². The van der Waals surface area contributed by atoms with E-state index in [1.807, 2.05) is 11.8 Å². The summed E-state index contributed by atoms with van der Waals surface area (Å²) in [5, 5.41) is 0. The largest absolute Gasteiger partial charge is 0.385 e. The summed E-state index contributed by atoms with van der Waals surface area (Å²) in [4.78, 5) is 13.6. The van der Waals surface area contributed by atoms with Crippen molar-refractivity contribution in [2.75, 3.05) is 33.4 Å². The fourth-order valence-corrected chi connectivity index (χ4v) is 1.74. The molecule has 0 N–H and O–H groups in total. The zero-order valence-corrected chi connectivity index (χ0v) is 9.70. The number of morpholine rings is 1. The predicted molar refractivity (Wildman–Crippen MR) is 57.7 cm³/mol. The van der Waals surface area contributed by atoms with Gasteiger partial charge in [-0.2, -0.15) is 0 Å². The minimum absolute atomic E-state index is 0.152. The van der Waals surface area contributed by atoms with Crippen molar-refractivity contribution in [3.8, 4) is 0 Å². The third-order valence-corrected chi connectivity index (χ3v) is 2.60. The first-order valence-corrected chi connectivity index (χ1v) is 5.66. The molecule has 1 heterocycles. The van der Waals surface area contributed by atoms with E-state index in [0.717, 1.165) is 25.9 Å². The molecule has 1 unspecified atom stereocenters. The van der Waals surface area contributed by atoms with Gasteiger partial charge in [0.15, 0.2) is 0 Å². The molecule has 1 atom stereocenters. The smallest absolute Gasteiger partial charge is 0.222 e. The van der Waals surface area contributed by atoms with Crippen LogP contribution in [0.2, 0.25) is 0 Å². The number of rotatable bonds is 5. The lowest BCUT2D eigenvalue weighted by molar-refractivity contribution is -0.139. The van der Waals surface area contributed by atoms with Crippen molar-refractivity contribution in [3.05, 3.63) is 0 Å². The van der Waals surface area contributed by atoms with E-state index >= 15 is 0 Å². The number of carbonyl (C=O) groups excluding carboxylic acids is 1. The third-order valence-electron chi connectivity index (χ3n) is 2.60. The Morgan fingerprint density at radius 1 is 1.60 bits per heavy atom. The van der Waals surface area contributed by atoms with E-state index in [0.29, 0.717) is 19.6 Å². The Morgan fingerprint density at radius 3 is 3.07 bits per heavy atom. The Hall–Kier alpha value is -0.610. The molecule has 1 amide bonds. The van der Waals surface area contributed by atoms with Crippen LogP contribution in [0.4, 0.5) is 0 Å². The average molecular weight is 215 g/mol. The van der Waals surface area contributed by atoms with E-state index < -0.39 is 0 Å². The Balaban J connectivity index is 2.31. The lowest BCUT2D eigenvalue weighted by Gasteiger charge is -2.33. The van der Waals surface area contributed by atoms with Gasteiger partial charge in [0.05, 0.1) is 12.7 Å². The number of hydrogen-bond acceptors (Lipinski definition) is 3. The number of methoxy groups -OCH3 is 1. The highest BCUT2D eigenvalue weighted by Crippen LogP contribution is 2.10. The molecule has 1 aliphatic rings. The second-order valence-electron chi connectivity index (χ2n) is 3.86. The second-order valence-corrected chi connectivity index (χ2v) is 3.86. The summed E-state index contributed by atoms with van der Waals surface area (Å²) in [5.41, 5.74) is 0. The topological polar surface area (TPSA) is 38.8 Å². The Morgan fingerprint density at radius 2 is 2.40 bits per heavy atom. The van der Waals surface area contributed by atoms with Crippen LogP contribution in [0.25, 0.3) is 0 Å². The molecule has 0 spiro atoms. The van der Waals surface area contributed by atoms with Crippen LogP contribution in [-0.4, -0.2) is 50.3 Å². The van der Waals surface area contributed by atoms with Gasteiger partial charge in [0.2, 0.25) is 5.91 Å². The number of hydrogen-bond donors (Lipinski definition) is 0. The van der Waals surface area contributed by atoms with Gasteiger partial charge in [0.25, 0.3) is 0 Å². The Labute approximate surface area is 91.5 Å². The first-order chi connectivity index (χ1) is 7.27. The van der Waals surface area contributed by atoms with Crippen LogP contribution in [-0.2, 0) is 14.3 Å². The maximum absolute atomic E-state index is 11.7. The monoisotopic (exact) mass is 215 g/mol. The van der Waals surface area contributed by atoms with Gasteiger partial charge < -0.3 is 14.4 Å². The van der Waals surface area contributed by atoms with Crippen LogP contribution in [0.3, 0.4) is 0 Å². The SMILES string of the molecule is CCCC(=O)N1CCOC(CCOC)C1. The standard InChI is InChI=1S/C11H21NO3/c1-3-4-11(13)12-6-8-15-10(9-12)5-7-14-2/h10H,3-9H2,1-2H3. The van der Waals surface area contributed by atoms with Crippen LogP contribution in [0.5, 0.6) is 0 Å². The third kappa shape index (κ3) is 4.18. The van der Waals surface area contributed by atoms with E-state index in [2.05, 4.69) is 0 Å². The fraction of sp³-hybridized carbons (Fsp3) is 0.909. The molecule has 0 bridgehead atoms. The molecule has 15 heavy (non-hydrogen) atoms. The summed E-state index contributed by atoms with van der Waals surface area (Å²) in [6.07, 6.45) is 2.59. The minimum atomic E-state index is 0.152. The van der Waals surface area contributed by atoms with E-state index in [-0.39, 0.29) is 12.0 Å². The number of ether oxygens (including phenoxy) is 2. The minimum Gasteiger partial charge on any atom is -0.385 e. The van der Waals surface area contributed by atoms with E-state index in [4.69, 9.17) is 9.47 Å². The van der Waals surface area contributed by atoms with Crippen molar-refractivity contribution in [2.45, 2.75) is 32.3 Å². The normalized spacial score (nSPS) is 21.7. The molecule has 1 saturated heterocycles. The van der Waals surface area contributed by atoms with Crippen molar-refractivity contribution in [2.24, 2.45) is 0 Å². The Kier molecular flexibility index (Phi) is 5.65.